The Kier molecular flexibility index (Phi) is 16.6. The van der Waals surface area contributed by atoms with Gasteiger partial charge in [-0.3, -0.25) is 9.59 Å². The van der Waals surface area contributed by atoms with E-state index in [1.807, 2.05) is 12.1 Å². The van der Waals surface area contributed by atoms with E-state index < -0.39 is 23.8 Å². The lowest BCUT2D eigenvalue weighted by molar-refractivity contribution is 0.0721. The second-order valence-corrected chi connectivity index (χ2v) is 14.7. The maximum Gasteiger partial charge on any atom is 0.344 e. The van der Waals surface area contributed by atoms with Crippen LogP contribution in [0.15, 0.2) is 60.7 Å². The van der Waals surface area contributed by atoms with Gasteiger partial charge in [0, 0.05) is 64.6 Å². The summed E-state index contributed by atoms with van der Waals surface area (Å²) in [6.45, 7) is 4.32. The second kappa shape index (κ2) is 21.5. The molecule has 0 spiro atoms. The Morgan fingerprint density at radius 2 is 0.927 bits per heavy atom. The van der Waals surface area contributed by atoms with E-state index in [2.05, 4.69) is 37.5 Å². The summed E-state index contributed by atoms with van der Waals surface area (Å²) >= 11 is 0.948. The molecule has 55 heavy (non-hydrogen) atoms. The van der Waals surface area contributed by atoms with Crippen molar-refractivity contribution in [3.63, 3.8) is 0 Å². The molecule has 1 heterocycles. The average molecular weight is 761 g/mol. The molecule has 0 aliphatic carbocycles. The number of rotatable bonds is 16. The Morgan fingerprint density at radius 3 is 1.27 bits per heavy atom. The maximum atomic E-state index is 14.7. The third kappa shape index (κ3) is 11.3. The average Bonchev–Trinajstić information content (AvgIpc) is 3.56. The first-order valence-corrected chi connectivity index (χ1v) is 20.0. The Bertz CT molecular complexity index is 1930. The number of esters is 2. The SMILES string of the molecule is CCCCCCC#CCc1c(CC#CCCCCCC)c(C(=O)Oc2ccccc2)c2c(C(=O)N(C)C)sc(C(=O)N(C)C)c2c1C(=O)Oc1ccccc1. The fourth-order valence-electron chi connectivity index (χ4n) is 6.11. The van der Waals surface area contributed by atoms with Crippen LogP contribution in [0.25, 0.3) is 10.8 Å². The normalized spacial score (nSPS) is 10.5. The van der Waals surface area contributed by atoms with Gasteiger partial charge in [0.2, 0.25) is 0 Å². The fourth-order valence-corrected chi connectivity index (χ4v) is 7.47. The highest BCUT2D eigenvalue weighted by molar-refractivity contribution is 7.18. The topological polar surface area (TPSA) is 93.2 Å². The van der Waals surface area contributed by atoms with Crippen molar-refractivity contribution in [2.24, 2.45) is 0 Å². The van der Waals surface area contributed by atoms with Crippen molar-refractivity contribution >= 4 is 45.9 Å². The lowest BCUT2D eigenvalue weighted by atomic mass is 9.85. The number of ether oxygens (including phenoxy) is 2. The molecular formula is C46H52N2O6S. The predicted molar refractivity (Wildman–Crippen MR) is 221 cm³/mol. The molecule has 0 saturated heterocycles. The van der Waals surface area contributed by atoms with E-state index in [1.54, 1.807) is 76.7 Å². The molecule has 0 radical (unpaired) electrons. The number of carbonyl (C=O) groups is 4. The first-order chi connectivity index (χ1) is 26.6. The van der Waals surface area contributed by atoms with Crippen molar-refractivity contribution in [1.29, 1.82) is 0 Å². The molecule has 0 atom stereocenters. The Hall–Kier alpha value is -5.38. The molecule has 0 fully saturated rings. The molecule has 2 amide bonds. The van der Waals surface area contributed by atoms with E-state index in [1.165, 1.54) is 9.80 Å². The number of hydrogen-bond donors (Lipinski definition) is 0. The van der Waals surface area contributed by atoms with Crippen LogP contribution in [0.2, 0.25) is 0 Å². The van der Waals surface area contributed by atoms with Gasteiger partial charge in [0.25, 0.3) is 11.8 Å². The molecule has 288 valence electrons. The van der Waals surface area contributed by atoms with E-state index in [4.69, 9.17) is 9.47 Å². The van der Waals surface area contributed by atoms with Crippen LogP contribution >= 0.6 is 11.3 Å². The van der Waals surface area contributed by atoms with Crippen molar-refractivity contribution < 1.29 is 28.7 Å². The van der Waals surface area contributed by atoms with E-state index in [0.717, 1.165) is 62.7 Å². The molecule has 0 bridgehead atoms. The number of benzene rings is 3. The quantitative estimate of drug-likeness (QED) is 0.0489. The predicted octanol–water partition coefficient (Wildman–Crippen LogP) is 9.78. The summed E-state index contributed by atoms with van der Waals surface area (Å²) in [4.78, 5) is 60.5. The highest BCUT2D eigenvalue weighted by Gasteiger charge is 2.36. The van der Waals surface area contributed by atoms with Crippen LogP contribution in [0.3, 0.4) is 0 Å². The molecular weight excluding hydrogens is 709 g/mol. The molecule has 0 unspecified atom stereocenters. The first kappa shape index (κ1) is 42.4. The van der Waals surface area contributed by atoms with Crippen molar-refractivity contribution in [3.05, 3.63) is 92.7 Å². The summed E-state index contributed by atoms with van der Waals surface area (Å²) in [7, 11) is 6.40. The summed E-state index contributed by atoms with van der Waals surface area (Å²) in [6.07, 6.45) is 9.96. The molecule has 0 aliphatic heterocycles. The van der Waals surface area contributed by atoms with E-state index in [-0.39, 0.29) is 44.5 Å². The van der Waals surface area contributed by atoms with Gasteiger partial charge in [-0.1, -0.05) is 101 Å². The molecule has 9 heteroatoms. The van der Waals surface area contributed by atoms with Gasteiger partial charge in [-0.2, -0.15) is 0 Å². The number of hydrogen-bond acceptors (Lipinski definition) is 7. The molecule has 1 aromatic heterocycles. The minimum absolute atomic E-state index is 0.0739. The zero-order valence-corrected chi connectivity index (χ0v) is 33.8. The molecule has 3 aromatic carbocycles. The Labute approximate surface area is 330 Å². The van der Waals surface area contributed by atoms with E-state index in [0.29, 0.717) is 35.5 Å². The largest absolute Gasteiger partial charge is 0.423 e. The van der Waals surface area contributed by atoms with Crippen molar-refractivity contribution in [1.82, 2.24) is 9.80 Å². The van der Waals surface area contributed by atoms with E-state index >= 15 is 0 Å². The number of thiophene rings is 1. The zero-order chi connectivity index (χ0) is 39.7. The lowest BCUT2D eigenvalue weighted by Crippen LogP contribution is -2.24. The molecule has 0 aliphatic rings. The number of amides is 2. The monoisotopic (exact) mass is 760 g/mol. The number of carbonyl (C=O) groups excluding carboxylic acids is 4. The minimum atomic E-state index is -0.734. The maximum absolute atomic E-state index is 14.7. The van der Waals surface area contributed by atoms with Crippen LogP contribution in [0.1, 0.15) is 129 Å². The van der Waals surface area contributed by atoms with Crippen LogP contribution in [0, 0.1) is 23.7 Å². The van der Waals surface area contributed by atoms with Gasteiger partial charge >= 0.3 is 11.9 Å². The van der Waals surface area contributed by atoms with Gasteiger partial charge in [-0.15, -0.1) is 23.2 Å². The van der Waals surface area contributed by atoms with Gasteiger partial charge in [0.1, 0.15) is 21.3 Å². The Balaban J connectivity index is 2.14. The minimum Gasteiger partial charge on any atom is -0.423 e. The van der Waals surface area contributed by atoms with Crippen LogP contribution in [0.5, 0.6) is 11.5 Å². The number of para-hydroxylation sites is 2. The smallest absolute Gasteiger partial charge is 0.344 e. The fraction of sp³-hybridized carbons (Fsp3) is 0.391. The van der Waals surface area contributed by atoms with Crippen LogP contribution in [-0.4, -0.2) is 61.7 Å². The highest BCUT2D eigenvalue weighted by Crippen LogP contribution is 2.42. The summed E-state index contributed by atoms with van der Waals surface area (Å²) in [5.41, 5.74) is 0.997. The van der Waals surface area contributed by atoms with E-state index in [9.17, 15) is 19.2 Å². The number of unbranched alkanes of at least 4 members (excludes halogenated alkanes) is 8. The highest BCUT2D eigenvalue weighted by atomic mass is 32.1. The summed E-state index contributed by atoms with van der Waals surface area (Å²) < 4.78 is 12.0. The first-order valence-electron chi connectivity index (χ1n) is 19.1. The zero-order valence-electron chi connectivity index (χ0n) is 33.0. The summed E-state index contributed by atoms with van der Waals surface area (Å²) in [5.74, 6) is 11.4. The van der Waals surface area contributed by atoms with Gasteiger partial charge in [0.05, 0.1) is 11.1 Å². The second-order valence-electron chi connectivity index (χ2n) is 13.7. The van der Waals surface area contributed by atoms with Gasteiger partial charge in [0.15, 0.2) is 0 Å². The van der Waals surface area contributed by atoms with Gasteiger partial charge in [-0.05, 0) is 48.2 Å². The summed E-state index contributed by atoms with van der Waals surface area (Å²) in [5, 5.41) is 0.316. The molecule has 0 N–H and O–H groups in total. The van der Waals surface area contributed by atoms with Crippen molar-refractivity contribution in [2.45, 2.75) is 90.9 Å². The van der Waals surface area contributed by atoms with Crippen molar-refractivity contribution in [2.75, 3.05) is 28.2 Å². The molecule has 0 saturated carbocycles. The van der Waals surface area contributed by atoms with Crippen LogP contribution in [0.4, 0.5) is 0 Å². The van der Waals surface area contributed by atoms with Gasteiger partial charge < -0.3 is 19.3 Å². The third-order valence-corrected chi connectivity index (χ3v) is 10.1. The molecule has 4 aromatic rings. The number of nitrogens with zero attached hydrogens (tertiary/aromatic N) is 2. The molecule has 8 nitrogen and oxygen atoms in total. The lowest BCUT2D eigenvalue weighted by Gasteiger charge is -2.20. The Morgan fingerprint density at radius 1 is 0.545 bits per heavy atom. The molecule has 4 rings (SSSR count). The van der Waals surface area contributed by atoms with Gasteiger partial charge in [-0.25, -0.2) is 9.59 Å². The standard InChI is InChI=1S/C46H52N2O6S/c1-7-9-11-13-15-17-25-31-35-36(32-26-18-16-14-12-10-8-2)38(46(52)54-34-29-23-20-24-30-34)40-39(37(35)45(51)53-33-27-21-19-22-28-33)41(43(49)47(3)4)55-42(40)44(50)48(5)6/h19-24,27-30H,7-16,31-32H2,1-6H3. The number of fused-ring (bicyclic) bond motifs is 1. The summed E-state index contributed by atoms with van der Waals surface area (Å²) in [6, 6.07) is 17.3. The van der Waals surface area contributed by atoms with Crippen LogP contribution in [-0.2, 0) is 12.8 Å². The van der Waals surface area contributed by atoms with Crippen LogP contribution < -0.4 is 9.47 Å². The third-order valence-electron chi connectivity index (χ3n) is 8.98. The van der Waals surface area contributed by atoms with Crippen molar-refractivity contribution in [3.8, 4) is 35.2 Å².